The van der Waals surface area contributed by atoms with E-state index in [1.807, 2.05) is 6.07 Å². The zero-order chi connectivity index (χ0) is 6.69. The van der Waals surface area contributed by atoms with Crippen LogP contribution in [-0.2, 0) is 6.04 Å². The van der Waals surface area contributed by atoms with Gasteiger partial charge in [0.25, 0.3) is 0 Å². The summed E-state index contributed by atoms with van der Waals surface area (Å²) in [6, 6.07) is 7.22. The van der Waals surface area contributed by atoms with Crippen LogP contribution < -0.4 is 0 Å². The van der Waals surface area contributed by atoms with E-state index in [9.17, 15) is 4.39 Å². The van der Waals surface area contributed by atoms with Crippen molar-refractivity contribution in [2.45, 2.75) is 6.04 Å². The molecular formula is C7H6FSi. The normalized spacial score (nSPS) is 9.56. The fraction of sp³-hybridized carbons (Fsp3) is 0.143. The molecule has 1 aromatic rings. The lowest BCUT2D eigenvalue weighted by molar-refractivity contribution is 0.626. The minimum Gasteiger partial charge on any atom is -0.207 e. The van der Waals surface area contributed by atoms with Gasteiger partial charge in [0.15, 0.2) is 0 Å². The van der Waals surface area contributed by atoms with Crippen LogP contribution in [0, 0.1) is 5.82 Å². The van der Waals surface area contributed by atoms with Gasteiger partial charge in [-0.25, -0.2) is 4.39 Å². The van der Waals surface area contributed by atoms with Crippen LogP contribution in [-0.4, -0.2) is 10.2 Å². The predicted octanol–water partition coefficient (Wildman–Crippen LogP) is 1.49. The Morgan fingerprint density at radius 3 is 2.67 bits per heavy atom. The smallest absolute Gasteiger partial charge is 0.123 e. The number of benzene rings is 1. The molecule has 0 aliphatic heterocycles. The number of rotatable bonds is 1. The lowest BCUT2D eigenvalue weighted by Crippen LogP contribution is -1.83. The molecule has 0 atom stereocenters. The van der Waals surface area contributed by atoms with Crippen LogP contribution in [0.4, 0.5) is 4.39 Å². The van der Waals surface area contributed by atoms with Gasteiger partial charge in [-0.1, -0.05) is 12.1 Å². The molecule has 0 aromatic heterocycles. The topological polar surface area (TPSA) is 0 Å². The largest absolute Gasteiger partial charge is 0.207 e. The van der Waals surface area contributed by atoms with E-state index in [0.29, 0.717) is 6.04 Å². The molecule has 0 unspecified atom stereocenters. The zero-order valence-corrected chi connectivity index (χ0v) is 5.89. The summed E-state index contributed by atoms with van der Waals surface area (Å²) in [5, 5.41) is 0. The van der Waals surface area contributed by atoms with Crippen molar-refractivity contribution in [1.82, 2.24) is 0 Å². The summed E-state index contributed by atoms with van der Waals surface area (Å²) in [4.78, 5) is 0. The van der Waals surface area contributed by atoms with Gasteiger partial charge in [0.2, 0.25) is 0 Å². The lowest BCUT2D eigenvalue weighted by atomic mass is 10.2. The van der Waals surface area contributed by atoms with Gasteiger partial charge in [0, 0.05) is 10.2 Å². The van der Waals surface area contributed by atoms with Gasteiger partial charge in [-0.3, -0.25) is 0 Å². The zero-order valence-electron chi connectivity index (χ0n) is 4.89. The van der Waals surface area contributed by atoms with Crippen LogP contribution in [0.2, 0.25) is 0 Å². The first-order valence-corrected chi connectivity index (χ1v) is 3.42. The maximum atomic E-state index is 12.3. The van der Waals surface area contributed by atoms with E-state index in [2.05, 4.69) is 10.2 Å². The summed E-state index contributed by atoms with van der Waals surface area (Å²) in [5.74, 6) is -0.175. The Labute approximate surface area is 57.1 Å². The van der Waals surface area contributed by atoms with Crippen LogP contribution in [0.15, 0.2) is 24.3 Å². The van der Waals surface area contributed by atoms with Gasteiger partial charge in [-0.05, 0) is 23.7 Å². The third-order valence-corrected chi connectivity index (χ3v) is 1.50. The van der Waals surface area contributed by atoms with E-state index >= 15 is 0 Å². The van der Waals surface area contributed by atoms with Crippen molar-refractivity contribution < 1.29 is 4.39 Å². The van der Waals surface area contributed by atoms with Crippen LogP contribution in [0.1, 0.15) is 5.56 Å². The highest BCUT2D eigenvalue weighted by Gasteiger charge is 1.89. The molecule has 0 saturated carbocycles. The van der Waals surface area contributed by atoms with Gasteiger partial charge in [0.1, 0.15) is 5.82 Å². The molecule has 1 aromatic carbocycles. The molecule has 0 saturated heterocycles. The summed E-state index contributed by atoms with van der Waals surface area (Å²) in [5.41, 5.74) is 0.965. The molecule has 1 rings (SSSR count). The minimum absolute atomic E-state index is 0.175. The summed E-state index contributed by atoms with van der Waals surface area (Å²) < 4.78 is 12.3. The molecule has 3 radical (unpaired) electrons. The van der Waals surface area contributed by atoms with E-state index in [0.717, 1.165) is 5.56 Å². The molecule has 0 spiro atoms. The first-order chi connectivity index (χ1) is 4.33. The van der Waals surface area contributed by atoms with Crippen molar-refractivity contribution in [3.8, 4) is 0 Å². The van der Waals surface area contributed by atoms with Crippen LogP contribution >= 0.6 is 0 Å². The molecule has 0 aliphatic rings. The minimum atomic E-state index is -0.175. The number of hydrogen-bond acceptors (Lipinski definition) is 0. The molecule has 0 amide bonds. The molecule has 0 nitrogen and oxygen atoms in total. The third-order valence-electron chi connectivity index (χ3n) is 1.09. The van der Waals surface area contributed by atoms with E-state index < -0.39 is 0 Å². The standard InChI is InChI=1S/C7H6FSi/c8-7-3-1-2-6(4-7)5-9/h1-4H,5H2. The van der Waals surface area contributed by atoms with E-state index in [1.54, 1.807) is 6.07 Å². The fourth-order valence-electron chi connectivity index (χ4n) is 0.647. The van der Waals surface area contributed by atoms with E-state index in [1.165, 1.54) is 12.1 Å². The second kappa shape index (κ2) is 2.78. The summed E-state index contributed by atoms with van der Waals surface area (Å²) >= 11 is 0. The molecule has 0 fully saturated rings. The summed E-state index contributed by atoms with van der Waals surface area (Å²) in [7, 11) is 3.27. The second-order valence-corrected chi connectivity index (χ2v) is 2.16. The average Bonchev–Trinajstić information content (AvgIpc) is 1.88. The van der Waals surface area contributed by atoms with E-state index in [4.69, 9.17) is 0 Å². The second-order valence-electron chi connectivity index (χ2n) is 1.81. The van der Waals surface area contributed by atoms with Crippen molar-refractivity contribution in [3.63, 3.8) is 0 Å². The maximum absolute atomic E-state index is 12.3. The Balaban J connectivity index is 2.94. The van der Waals surface area contributed by atoms with E-state index in [-0.39, 0.29) is 5.82 Å². The van der Waals surface area contributed by atoms with Gasteiger partial charge >= 0.3 is 0 Å². The summed E-state index contributed by atoms with van der Waals surface area (Å²) in [6.45, 7) is 0. The highest BCUT2D eigenvalue weighted by molar-refractivity contribution is 6.08. The Bertz CT molecular complexity index is 198. The van der Waals surface area contributed by atoms with Crippen LogP contribution in [0.3, 0.4) is 0 Å². The third kappa shape index (κ3) is 1.64. The first kappa shape index (κ1) is 6.49. The van der Waals surface area contributed by atoms with Crippen molar-refractivity contribution in [3.05, 3.63) is 35.6 Å². The SMILES string of the molecule is Fc1cccc(C[Si])c1. The maximum Gasteiger partial charge on any atom is 0.123 e. The van der Waals surface area contributed by atoms with Gasteiger partial charge < -0.3 is 0 Å². The first-order valence-electron chi connectivity index (χ1n) is 2.72. The quantitative estimate of drug-likeness (QED) is 0.514. The van der Waals surface area contributed by atoms with Gasteiger partial charge in [-0.2, -0.15) is 0 Å². The van der Waals surface area contributed by atoms with Crippen molar-refractivity contribution in [2.24, 2.45) is 0 Å². The lowest BCUT2D eigenvalue weighted by Gasteiger charge is -1.92. The fourth-order valence-corrected chi connectivity index (χ4v) is 0.867. The van der Waals surface area contributed by atoms with Crippen LogP contribution in [0.5, 0.6) is 0 Å². The van der Waals surface area contributed by atoms with Crippen LogP contribution in [0.25, 0.3) is 0 Å². The van der Waals surface area contributed by atoms with Gasteiger partial charge in [-0.15, -0.1) is 0 Å². The van der Waals surface area contributed by atoms with Crippen molar-refractivity contribution in [2.75, 3.05) is 0 Å². The molecule has 0 bridgehead atoms. The molecule has 9 heavy (non-hydrogen) atoms. The van der Waals surface area contributed by atoms with Gasteiger partial charge in [0.05, 0.1) is 0 Å². The Morgan fingerprint density at radius 2 is 2.22 bits per heavy atom. The summed E-state index contributed by atoms with van der Waals surface area (Å²) in [6.07, 6.45) is 0. The molecule has 2 heteroatoms. The molecular weight excluding hydrogens is 131 g/mol. The Hall–Kier alpha value is -0.633. The predicted molar refractivity (Wildman–Crippen MR) is 35.9 cm³/mol. The number of hydrogen-bond donors (Lipinski definition) is 0. The van der Waals surface area contributed by atoms with Crippen molar-refractivity contribution >= 4 is 10.2 Å². The average molecular weight is 137 g/mol. The molecule has 0 aliphatic carbocycles. The molecule has 45 valence electrons. The highest BCUT2D eigenvalue weighted by Crippen LogP contribution is 2.01. The monoisotopic (exact) mass is 137 g/mol. The highest BCUT2D eigenvalue weighted by atomic mass is 28.1. The van der Waals surface area contributed by atoms with Crippen molar-refractivity contribution in [1.29, 1.82) is 0 Å². The molecule has 0 heterocycles. The number of halogens is 1. The molecule has 0 N–H and O–H groups in total. The Morgan fingerprint density at radius 1 is 1.44 bits per heavy atom. The Kier molecular flexibility index (Phi) is 2.00.